The quantitative estimate of drug-likeness (QED) is 0.752. The standard InChI is InChI=1S/C18H15F3N2O2/c1-23(10-11-2-5-14(6-3-11)25-18(20)21)17(24)16-9-12-8-13(19)4-7-15(12)22-16/h2-9,18,22H,10H2,1H3. The molecule has 0 saturated heterocycles. The lowest BCUT2D eigenvalue weighted by Crippen LogP contribution is -2.26. The van der Waals surface area contributed by atoms with Crippen LogP contribution in [0.1, 0.15) is 16.1 Å². The highest BCUT2D eigenvalue weighted by Gasteiger charge is 2.15. The Bertz CT molecular complexity index is 891. The van der Waals surface area contributed by atoms with Crippen LogP contribution in [0.2, 0.25) is 0 Å². The van der Waals surface area contributed by atoms with Gasteiger partial charge in [0.2, 0.25) is 0 Å². The molecule has 3 aromatic rings. The predicted molar refractivity (Wildman–Crippen MR) is 87.1 cm³/mol. The van der Waals surface area contributed by atoms with Crippen molar-refractivity contribution in [3.05, 3.63) is 65.6 Å². The summed E-state index contributed by atoms with van der Waals surface area (Å²) in [4.78, 5) is 16.9. The number of amides is 1. The van der Waals surface area contributed by atoms with Crippen LogP contribution in [-0.2, 0) is 6.54 Å². The van der Waals surface area contributed by atoms with Gasteiger partial charge in [-0.3, -0.25) is 4.79 Å². The van der Waals surface area contributed by atoms with Crippen LogP contribution in [0, 0.1) is 5.82 Å². The molecule has 0 radical (unpaired) electrons. The van der Waals surface area contributed by atoms with Gasteiger partial charge in [0.15, 0.2) is 0 Å². The summed E-state index contributed by atoms with van der Waals surface area (Å²) in [5, 5.41) is 0.616. The fourth-order valence-corrected chi connectivity index (χ4v) is 2.55. The monoisotopic (exact) mass is 348 g/mol. The zero-order valence-corrected chi connectivity index (χ0v) is 13.3. The van der Waals surface area contributed by atoms with E-state index in [0.717, 1.165) is 5.56 Å². The maximum Gasteiger partial charge on any atom is 0.387 e. The number of carbonyl (C=O) groups is 1. The van der Waals surface area contributed by atoms with Gasteiger partial charge in [0.25, 0.3) is 5.91 Å². The highest BCUT2D eigenvalue weighted by atomic mass is 19.3. The number of benzene rings is 2. The van der Waals surface area contributed by atoms with Crippen molar-refractivity contribution < 1.29 is 22.7 Å². The van der Waals surface area contributed by atoms with E-state index in [9.17, 15) is 18.0 Å². The zero-order valence-electron chi connectivity index (χ0n) is 13.3. The number of aromatic amines is 1. The van der Waals surface area contributed by atoms with Crippen LogP contribution < -0.4 is 4.74 Å². The number of nitrogens with zero attached hydrogens (tertiary/aromatic N) is 1. The molecule has 0 aliphatic heterocycles. The second-order valence-corrected chi connectivity index (χ2v) is 5.60. The van der Waals surface area contributed by atoms with Crippen molar-refractivity contribution >= 4 is 16.8 Å². The summed E-state index contributed by atoms with van der Waals surface area (Å²) in [6.45, 7) is -2.58. The smallest absolute Gasteiger partial charge is 0.387 e. The summed E-state index contributed by atoms with van der Waals surface area (Å²) in [6.07, 6.45) is 0. The minimum absolute atomic E-state index is 0.0605. The Labute approximate surface area is 141 Å². The molecule has 0 aliphatic rings. The second kappa shape index (κ2) is 6.88. The van der Waals surface area contributed by atoms with Gasteiger partial charge in [-0.2, -0.15) is 8.78 Å². The molecule has 0 atom stereocenters. The zero-order chi connectivity index (χ0) is 18.0. The second-order valence-electron chi connectivity index (χ2n) is 5.60. The number of carbonyl (C=O) groups excluding carboxylic acids is 1. The van der Waals surface area contributed by atoms with E-state index in [1.54, 1.807) is 31.3 Å². The summed E-state index contributed by atoms with van der Waals surface area (Å²) in [7, 11) is 1.62. The maximum absolute atomic E-state index is 13.2. The lowest BCUT2D eigenvalue weighted by Gasteiger charge is -2.16. The van der Waals surface area contributed by atoms with Crippen LogP contribution >= 0.6 is 0 Å². The number of nitrogens with one attached hydrogen (secondary N) is 1. The summed E-state index contributed by atoms with van der Waals surface area (Å²) in [6, 6.07) is 11.9. The van der Waals surface area contributed by atoms with Gasteiger partial charge in [-0.05, 0) is 42.0 Å². The molecule has 4 nitrogen and oxygen atoms in total. The summed E-state index contributed by atoms with van der Waals surface area (Å²) < 4.78 is 41.8. The Balaban J connectivity index is 1.71. The van der Waals surface area contributed by atoms with E-state index < -0.39 is 6.61 Å². The highest BCUT2D eigenvalue weighted by Crippen LogP contribution is 2.19. The molecule has 130 valence electrons. The van der Waals surface area contributed by atoms with Gasteiger partial charge in [0, 0.05) is 24.5 Å². The van der Waals surface area contributed by atoms with Crippen LogP contribution in [-0.4, -0.2) is 29.5 Å². The molecule has 0 aliphatic carbocycles. The summed E-state index contributed by atoms with van der Waals surface area (Å²) in [5.41, 5.74) is 1.78. The van der Waals surface area contributed by atoms with Crippen molar-refractivity contribution in [3.63, 3.8) is 0 Å². The molecule has 0 spiro atoms. The van der Waals surface area contributed by atoms with E-state index in [2.05, 4.69) is 9.72 Å². The van der Waals surface area contributed by atoms with Crippen molar-refractivity contribution in [3.8, 4) is 5.75 Å². The molecule has 0 unspecified atom stereocenters. The minimum Gasteiger partial charge on any atom is -0.435 e. The number of H-pyrrole nitrogens is 1. The molecule has 0 fully saturated rings. The predicted octanol–water partition coefficient (Wildman–Crippen LogP) is 4.18. The average Bonchev–Trinajstić information content (AvgIpc) is 2.98. The number of aromatic nitrogens is 1. The van der Waals surface area contributed by atoms with Crippen molar-refractivity contribution in [2.24, 2.45) is 0 Å². The SMILES string of the molecule is CN(Cc1ccc(OC(F)F)cc1)C(=O)c1cc2cc(F)ccc2[nH]1. The summed E-state index contributed by atoms with van der Waals surface area (Å²) >= 11 is 0. The third kappa shape index (κ3) is 3.93. The normalized spacial score (nSPS) is 11.1. The highest BCUT2D eigenvalue weighted by molar-refractivity contribution is 5.97. The molecule has 3 rings (SSSR count). The Morgan fingerprint density at radius 1 is 1.16 bits per heavy atom. The van der Waals surface area contributed by atoms with Crippen molar-refractivity contribution in [1.82, 2.24) is 9.88 Å². The third-order valence-corrected chi connectivity index (χ3v) is 3.73. The molecule has 25 heavy (non-hydrogen) atoms. The Morgan fingerprint density at radius 3 is 2.56 bits per heavy atom. The van der Waals surface area contributed by atoms with E-state index in [0.29, 0.717) is 16.6 Å². The molecular weight excluding hydrogens is 333 g/mol. The van der Waals surface area contributed by atoms with Gasteiger partial charge >= 0.3 is 6.61 Å². The topological polar surface area (TPSA) is 45.3 Å². The van der Waals surface area contributed by atoms with E-state index in [-0.39, 0.29) is 24.0 Å². The van der Waals surface area contributed by atoms with Crippen LogP contribution in [0.15, 0.2) is 48.5 Å². The molecular formula is C18H15F3N2O2. The number of halogens is 3. The van der Waals surface area contributed by atoms with Gasteiger partial charge in [0.1, 0.15) is 17.3 Å². The van der Waals surface area contributed by atoms with Gasteiger partial charge in [0.05, 0.1) is 0 Å². The first-order chi connectivity index (χ1) is 11.9. The largest absolute Gasteiger partial charge is 0.435 e. The number of ether oxygens (including phenoxy) is 1. The molecule has 0 saturated carbocycles. The number of hydrogen-bond acceptors (Lipinski definition) is 2. The first kappa shape index (κ1) is 16.9. The van der Waals surface area contributed by atoms with Crippen LogP contribution in [0.3, 0.4) is 0 Å². The first-order valence-electron chi connectivity index (χ1n) is 7.50. The van der Waals surface area contributed by atoms with Crippen LogP contribution in [0.5, 0.6) is 5.75 Å². The Kier molecular flexibility index (Phi) is 4.65. The molecule has 7 heteroatoms. The summed E-state index contributed by atoms with van der Waals surface area (Å²) in [5.74, 6) is -0.570. The van der Waals surface area contributed by atoms with Crippen molar-refractivity contribution in [2.75, 3.05) is 7.05 Å². The van der Waals surface area contributed by atoms with E-state index >= 15 is 0 Å². The fraction of sp³-hybridized carbons (Fsp3) is 0.167. The fourth-order valence-electron chi connectivity index (χ4n) is 2.55. The van der Waals surface area contributed by atoms with Crippen LogP contribution in [0.25, 0.3) is 10.9 Å². The number of alkyl halides is 2. The number of hydrogen-bond donors (Lipinski definition) is 1. The average molecular weight is 348 g/mol. The van der Waals surface area contributed by atoms with Crippen LogP contribution in [0.4, 0.5) is 13.2 Å². The van der Waals surface area contributed by atoms with E-state index in [4.69, 9.17) is 0 Å². The molecule has 1 N–H and O–H groups in total. The molecule has 1 aromatic heterocycles. The lowest BCUT2D eigenvalue weighted by molar-refractivity contribution is -0.0498. The minimum atomic E-state index is -2.87. The maximum atomic E-state index is 13.2. The number of fused-ring (bicyclic) bond motifs is 1. The van der Waals surface area contributed by atoms with Gasteiger partial charge in [-0.15, -0.1) is 0 Å². The molecule has 2 aromatic carbocycles. The molecule has 1 amide bonds. The third-order valence-electron chi connectivity index (χ3n) is 3.73. The Morgan fingerprint density at radius 2 is 1.88 bits per heavy atom. The molecule has 1 heterocycles. The van der Waals surface area contributed by atoms with Gasteiger partial charge in [-0.1, -0.05) is 12.1 Å². The Hall–Kier alpha value is -2.96. The number of rotatable bonds is 5. The van der Waals surface area contributed by atoms with Gasteiger partial charge < -0.3 is 14.6 Å². The van der Waals surface area contributed by atoms with Gasteiger partial charge in [-0.25, -0.2) is 4.39 Å². The van der Waals surface area contributed by atoms with Crippen molar-refractivity contribution in [2.45, 2.75) is 13.2 Å². The molecule has 0 bridgehead atoms. The lowest BCUT2D eigenvalue weighted by atomic mass is 10.2. The van der Waals surface area contributed by atoms with Crippen molar-refractivity contribution in [1.29, 1.82) is 0 Å². The first-order valence-corrected chi connectivity index (χ1v) is 7.50. The van der Waals surface area contributed by atoms with E-state index in [1.165, 1.54) is 29.2 Å². The van der Waals surface area contributed by atoms with E-state index in [1.807, 2.05) is 0 Å².